The van der Waals surface area contributed by atoms with Crippen LogP contribution in [0.1, 0.15) is 84.1 Å². The number of benzene rings is 1. The molecular formula is C24H27F3N2O3. The number of hydrogen-bond acceptors (Lipinski definition) is 3. The Bertz CT molecular complexity index is 1100. The van der Waals surface area contributed by atoms with Crippen LogP contribution < -0.4 is 10.9 Å². The topological polar surface area (TPSA) is 79.0 Å². The van der Waals surface area contributed by atoms with Crippen LogP contribution in [0.25, 0.3) is 0 Å². The first kappa shape index (κ1) is 23.8. The Morgan fingerprint density at radius 1 is 1.16 bits per heavy atom. The fourth-order valence-electron chi connectivity index (χ4n) is 4.11. The molecule has 5 nitrogen and oxygen atoms in total. The summed E-state index contributed by atoms with van der Waals surface area (Å²) in [5.74, 6) is -0.812. The van der Waals surface area contributed by atoms with Gasteiger partial charge < -0.3 is 10.3 Å². The smallest absolute Gasteiger partial charge is 0.345 e. The molecule has 1 aromatic heterocycles. The first-order chi connectivity index (χ1) is 14.8. The highest BCUT2D eigenvalue weighted by atomic mass is 19.4. The molecule has 1 atom stereocenters. The molecule has 0 bridgehead atoms. The zero-order valence-electron chi connectivity index (χ0n) is 18.5. The van der Waals surface area contributed by atoms with E-state index in [1.165, 1.54) is 18.2 Å². The number of carbonyl (C=O) groups is 2. The molecule has 3 rings (SSSR count). The van der Waals surface area contributed by atoms with Gasteiger partial charge in [-0.1, -0.05) is 39.8 Å². The van der Waals surface area contributed by atoms with Crippen LogP contribution >= 0.6 is 0 Å². The number of H-pyrrole nitrogens is 1. The Hall–Kier alpha value is -2.90. The Morgan fingerprint density at radius 2 is 1.84 bits per heavy atom. The van der Waals surface area contributed by atoms with Gasteiger partial charge in [0.15, 0.2) is 5.78 Å². The average Bonchev–Trinajstić information content (AvgIpc) is 2.65. The van der Waals surface area contributed by atoms with Crippen LogP contribution in [-0.4, -0.2) is 16.7 Å². The van der Waals surface area contributed by atoms with Crippen molar-refractivity contribution < 1.29 is 22.8 Å². The normalized spacial score (nSPS) is 16.6. The van der Waals surface area contributed by atoms with E-state index in [-0.39, 0.29) is 22.7 Å². The Balaban J connectivity index is 1.94. The van der Waals surface area contributed by atoms with Gasteiger partial charge in [0, 0.05) is 17.7 Å². The van der Waals surface area contributed by atoms with E-state index in [1.807, 2.05) is 27.7 Å². The molecule has 1 heterocycles. The quantitative estimate of drug-likeness (QED) is 0.671. The van der Waals surface area contributed by atoms with Crippen molar-refractivity contribution in [3.05, 3.63) is 68.6 Å². The number of hydrogen-bond donors (Lipinski definition) is 2. The molecule has 0 radical (unpaired) electrons. The molecule has 0 spiro atoms. The monoisotopic (exact) mass is 448 g/mol. The van der Waals surface area contributed by atoms with E-state index in [4.69, 9.17) is 0 Å². The minimum atomic E-state index is -4.51. The molecule has 32 heavy (non-hydrogen) atoms. The molecule has 172 valence electrons. The van der Waals surface area contributed by atoms with Crippen molar-refractivity contribution in [1.29, 1.82) is 0 Å². The summed E-state index contributed by atoms with van der Waals surface area (Å²) >= 11 is 0. The number of alkyl halides is 3. The Labute approximate surface area is 184 Å². The molecule has 0 aliphatic heterocycles. The van der Waals surface area contributed by atoms with Crippen molar-refractivity contribution in [2.45, 2.75) is 59.2 Å². The number of Topliss-reactive ketones (excluding diaryl/α,β-unsaturated/α-hetero) is 1. The van der Waals surface area contributed by atoms with Crippen molar-refractivity contribution in [3.63, 3.8) is 0 Å². The van der Waals surface area contributed by atoms with E-state index < -0.39 is 29.2 Å². The maximum atomic E-state index is 13.2. The second kappa shape index (κ2) is 8.56. The maximum absolute atomic E-state index is 13.2. The Kier molecular flexibility index (Phi) is 6.36. The summed E-state index contributed by atoms with van der Waals surface area (Å²) in [4.78, 5) is 40.8. The minimum Gasteiger partial charge on any atom is -0.345 e. The third-order valence-electron chi connectivity index (χ3n) is 5.59. The molecule has 0 saturated heterocycles. The van der Waals surface area contributed by atoms with E-state index in [0.717, 1.165) is 12.1 Å². The van der Waals surface area contributed by atoms with Gasteiger partial charge >= 0.3 is 6.18 Å². The highest BCUT2D eigenvalue weighted by molar-refractivity contribution is 6.02. The first-order valence-corrected chi connectivity index (χ1v) is 10.5. The summed E-state index contributed by atoms with van der Waals surface area (Å²) in [6, 6.07) is 5.37. The number of rotatable bonds is 5. The van der Waals surface area contributed by atoms with E-state index in [2.05, 4.69) is 10.3 Å². The van der Waals surface area contributed by atoms with Crippen LogP contribution in [0.2, 0.25) is 0 Å². The summed E-state index contributed by atoms with van der Waals surface area (Å²) in [5.41, 5.74) is -0.829. The number of halogens is 3. The molecule has 1 amide bonds. The fourth-order valence-corrected chi connectivity index (χ4v) is 4.11. The van der Waals surface area contributed by atoms with Crippen LogP contribution in [0.15, 0.2) is 35.1 Å². The van der Waals surface area contributed by atoms with Gasteiger partial charge in [0.2, 0.25) is 0 Å². The molecular weight excluding hydrogens is 421 g/mol. The van der Waals surface area contributed by atoms with Crippen LogP contribution in [0, 0.1) is 11.3 Å². The summed E-state index contributed by atoms with van der Waals surface area (Å²) in [6.45, 7) is 7.63. The van der Waals surface area contributed by atoms with Crippen LogP contribution in [0.4, 0.5) is 13.2 Å². The van der Waals surface area contributed by atoms with E-state index in [0.29, 0.717) is 36.1 Å². The predicted octanol–water partition coefficient (Wildman–Crippen LogP) is 5.07. The van der Waals surface area contributed by atoms with Gasteiger partial charge in [0.05, 0.1) is 11.6 Å². The summed E-state index contributed by atoms with van der Waals surface area (Å²) < 4.78 is 39.5. The summed E-state index contributed by atoms with van der Waals surface area (Å²) in [7, 11) is 0. The molecule has 8 heteroatoms. The van der Waals surface area contributed by atoms with Gasteiger partial charge in [-0.05, 0) is 47.9 Å². The number of nitrogens with one attached hydrogen (secondary N) is 2. The van der Waals surface area contributed by atoms with E-state index in [9.17, 15) is 27.6 Å². The van der Waals surface area contributed by atoms with Crippen molar-refractivity contribution in [1.82, 2.24) is 10.3 Å². The second-order valence-electron chi connectivity index (χ2n) is 9.62. The van der Waals surface area contributed by atoms with Gasteiger partial charge in [0.1, 0.15) is 5.56 Å². The van der Waals surface area contributed by atoms with Crippen molar-refractivity contribution in [2.75, 3.05) is 0 Å². The van der Waals surface area contributed by atoms with E-state index in [1.54, 1.807) is 0 Å². The first-order valence-electron chi connectivity index (χ1n) is 10.5. The summed E-state index contributed by atoms with van der Waals surface area (Å²) in [6.07, 6.45) is -3.33. The zero-order chi connectivity index (χ0) is 23.8. The lowest BCUT2D eigenvalue weighted by molar-refractivity contribution is -0.137. The standard InChI is InChI=1S/C24H27F3N2O3/c1-13(2)8-18(14-6-5-7-15(9-14)24(25,26)27)28-21(31)17-10-16-19(29-22(17)32)11-23(3,4)12-20(16)30/h5-7,9-10,13,18H,8,11-12H2,1-4H3,(H,28,31)(H,29,32). The predicted molar refractivity (Wildman–Crippen MR) is 115 cm³/mol. The Morgan fingerprint density at radius 3 is 2.47 bits per heavy atom. The second-order valence-corrected chi connectivity index (χ2v) is 9.62. The molecule has 1 unspecified atom stereocenters. The maximum Gasteiger partial charge on any atom is 0.416 e. The molecule has 0 fully saturated rings. The van der Waals surface area contributed by atoms with Gasteiger partial charge in [-0.3, -0.25) is 14.4 Å². The molecule has 1 aliphatic carbocycles. The highest BCUT2D eigenvalue weighted by Crippen LogP contribution is 2.34. The number of amides is 1. The third kappa shape index (κ3) is 5.29. The lowest BCUT2D eigenvalue weighted by atomic mass is 9.75. The van der Waals surface area contributed by atoms with Gasteiger partial charge in [-0.2, -0.15) is 13.2 Å². The molecule has 1 aromatic carbocycles. The number of aromatic nitrogens is 1. The lowest BCUT2D eigenvalue weighted by Gasteiger charge is -2.30. The van der Waals surface area contributed by atoms with Crippen molar-refractivity contribution in [2.24, 2.45) is 11.3 Å². The molecule has 0 saturated carbocycles. The number of ketones is 1. The zero-order valence-corrected chi connectivity index (χ0v) is 18.5. The third-order valence-corrected chi connectivity index (χ3v) is 5.59. The van der Waals surface area contributed by atoms with Gasteiger partial charge in [-0.25, -0.2) is 0 Å². The summed E-state index contributed by atoms with van der Waals surface area (Å²) in [5, 5.41) is 2.70. The SMILES string of the molecule is CC(C)CC(NC(=O)c1cc2c([nH]c1=O)CC(C)(C)CC2=O)c1cccc(C(F)(F)F)c1. The highest BCUT2D eigenvalue weighted by Gasteiger charge is 2.34. The lowest BCUT2D eigenvalue weighted by Crippen LogP contribution is -2.36. The average molecular weight is 448 g/mol. The van der Waals surface area contributed by atoms with Crippen LogP contribution in [0.5, 0.6) is 0 Å². The number of fused-ring (bicyclic) bond motifs is 1. The molecule has 1 aliphatic rings. The fraction of sp³-hybridized carbons (Fsp3) is 0.458. The van der Waals surface area contributed by atoms with Gasteiger partial charge in [-0.15, -0.1) is 0 Å². The molecule has 2 N–H and O–H groups in total. The number of pyridine rings is 1. The van der Waals surface area contributed by atoms with Crippen molar-refractivity contribution in [3.8, 4) is 0 Å². The van der Waals surface area contributed by atoms with Crippen molar-refractivity contribution >= 4 is 11.7 Å². The van der Waals surface area contributed by atoms with E-state index >= 15 is 0 Å². The number of aromatic amines is 1. The van der Waals surface area contributed by atoms with Gasteiger partial charge in [0.25, 0.3) is 11.5 Å². The molecule has 2 aromatic rings. The number of carbonyl (C=O) groups excluding carboxylic acids is 2. The minimum absolute atomic E-state index is 0.0699. The van der Waals surface area contributed by atoms with Crippen LogP contribution in [0.3, 0.4) is 0 Å². The van der Waals surface area contributed by atoms with Crippen LogP contribution in [-0.2, 0) is 12.6 Å². The largest absolute Gasteiger partial charge is 0.416 e.